The van der Waals surface area contributed by atoms with Crippen LogP contribution < -0.4 is 5.73 Å². The van der Waals surface area contributed by atoms with Crippen molar-refractivity contribution in [3.05, 3.63) is 10.6 Å². The summed E-state index contributed by atoms with van der Waals surface area (Å²) in [6.45, 7) is 1.93. The standard InChI is InChI=1S/C9H13N3S/c1-3-4-5-6-8(10)9-7(2)11-12-13-9/h1,8H,4-6,10H2,2H3. The van der Waals surface area contributed by atoms with E-state index in [1.165, 1.54) is 11.5 Å². The number of unbranched alkanes of at least 4 members (excludes halogenated alkanes) is 1. The summed E-state index contributed by atoms with van der Waals surface area (Å²) in [6, 6.07) is 0.0494. The summed E-state index contributed by atoms with van der Waals surface area (Å²) in [5, 5.41) is 3.91. The third kappa shape index (κ3) is 2.79. The van der Waals surface area contributed by atoms with Gasteiger partial charge in [-0.15, -0.1) is 17.4 Å². The number of rotatable bonds is 4. The van der Waals surface area contributed by atoms with Crippen LogP contribution in [0.2, 0.25) is 0 Å². The molecule has 2 N–H and O–H groups in total. The second kappa shape index (κ2) is 4.95. The zero-order valence-corrected chi connectivity index (χ0v) is 8.47. The van der Waals surface area contributed by atoms with E-state index in [1.807, 2.05) is 6.92 Å². The van der Waals surface area contributed by atoms with Gasteiger partial charge in [-0.3, -0.25) is 0 Å². The van der Waals surface area contributed by atoms with Crippen molar-refractivity contribution in [3.63, 3.8) is 0 Å². The molecule has 0 fully saturated rings. The Morgan fingerprint density at radius 1 is 1.69 bits per heavy atom. The first-order valence-corrected chi connectivity index (χ1v) is 5.01. The van der Waals surface area contributed by atoms with Crippen molar-refractivity contribution < 1.29 is 0 Å². The van der Waals surface area contributed by atoms with Gasteiger partial charge in [0.2, 0.25) is 0 Å². The van der Waals surface area contributed by atoms with E-state index in [0.717, 1.165) is 29.8 Å². The minimum atomic E-state index is 0.0494. The van der Waals surface area contributed by atoms with Crippen LogP contribution in [0.3, 0.4) is 0 Å². The predicted molar refractivity (Wildman–Crippen MR) is 54.3 cm³/mol. The molecular formula is C9H13N3S. The van der Waals surface area contributed by atoms with Crippen molar-refractivity contribution in [2.45, 2.75) is 32.2 Å². The zero-order valence-electron chi connectivity index (χ0n) is 7.66. The van der Waals surface area contributed by atoms with E-state index in [2.05, 4.69) is 15.5 Å². The van der Waals surface area contributed by atoms with Gasteiger partial charge in [0.1, 0.15) is 0 Å². The highest BCUT2D eigenvalue weighted by Gasteiger charge is 2.11. The average molecular weight is 195 g/mol. The lowest BCUT2D eigenvalue weighted by molar-refractivity contribution is 0.626. The van der Waals surface area contributed by atoms with Crippen molar-refractivity contribution in [1.82, 2.24) is 9.59 Å². The molecule has 1 unspecified atom stereocenters. The molecule has 0 aliphatic carbocycles. The predicted octanol–water partition coefficient (Wildman–Crippen LogP) is 1.65. The van der Waals surface area contributed by atoms with Crippen LogP contribution in [0.1, 0.15) is 35.9 Å². The highest BCUT2D eigenvalue weighted by atomic mass is 32.1. The summed E-state index contributed by atoms with van der Waals surface area (Å²) < 4.78 is 3.84. The Balaban J connectivity index is 2.45. The minimum Gasteiger partial charge on any atom is -0.323 e. The Kier molecular flexibility index (Phi) is 3.87. The molecule has 0 spiro atoms. The summed E-state index contributed by atoms with van der Waals surface area (Å²) in [7, 11) is 0. The fraction of sp³-hybridized carbons (Fsp3) is 0.556. The van der Waals surface area contributed by atoms with E-state index in [1.54, 1.807) is 0 Å². The van der Waals surface area contributed by atoms with Gasteiger partial charge in [-0.25, -0.2) is 0 Å². The van der Waals surface area contributed by atoms with E-state index in [0.29, 0.717) is 0 Å². The molecule has 0 aliphatic rings. The first-order valence-electron chi connectivity index (χ1n) is 4.23. The fourth-order valence-electron chi connectivity index (χ4n) is 1.13. The SMILES string of the molecule is C#CCCCC(N)c1snnc1C. The smallest absolute Gasteiger partial charge is 0.0772 e. The third-order valence-corrected chi connectivity index (χ3v) is 2.82. The summed E-state index contributed by atoms with van der Waals surface area (Å²) in [5.41, 5.74) is 6.89. The maximum atomic E-state index is 5.94. The first kappa shape index (κ1) is 10.2. The molecule has 0 saturated heterocycles. The van der Waals surface area contributed by atoms with E-state index < -0.39 is 0 Å². The van der Waals surface area contributed by atoms with Crippen molar-refractivity contribution >= 4 is 11.5 Å². The Hall–Kier alpha value is -0.920. The average Bonchev–Trinajstić information content (AvgIpc) is 2.52. The van der Waals surface area contributed by atoms with Crippen LogP contribution in [0.25, 0.3) is 0 Å². The number of hydrogen-bond acceptors (Lipinski definition) is 4. The van der Waals surface area contributed by atoms with Gasteiger partial charge < -0.3 is 5.73 Å². The maximum Gasteiger partial charge on any atom is 0.0772 e. The summed E-state index contributed by atoms with van der Waals surface area (Å²) in [6.07, 6.45) is 7.82. The van der Waals surface area contributed by atoms with Gasteiger partial charge >= 0.3 is 0 Å². The number of hydrogen-bond donors (Lipinski definition) is 1. The molecule has 1 aromatic rings. The molecule has 1 heterocycles. The van der Waals surface area contributed by atoms with Gasteiger partial charge in [-0.1, -0.05) is 4.49 Å². The van der Waals surface area contributed by atoms with Crippen molar-refractivity contribution in [2.75, 3.05) is 0 Å². The Morgan fingerprint density at radius 2 is 2.46 bits per heavy atom. The Labute approximate surface area is 82.5 Å². The van der Waals surface area contributed by atoms with Gasteiger partial charge in [0, 0.05) is 12.5 Å². The highest BCUT2D eigenvalue weighted by Crippen LogP contribution is 2.21. The molecule has 0 aliphatic heterocycles. The summed E-state index contributed by atoms with van der Waals surface area (Å²) >= 11 is 1.38. The van der Waals surface area contributed by atoms with Gasteiger partial charge in [0.25, 0.3) is 0 Å². The minimum absolute atomic E-state index is 0.0494. The normalized spacial score (nSPS) is 12.4. The largest absolute Gasteiger partial charge is 0.323 e. The van der Waals surface area contributed by atoms with Crippen molar-refractivity contribution in [2.24, 2.45) is 5.73 Å². The molecule has 1 atom stereocenters. The van der Waals surface area contributed by atoms with Crippen LogP contribution in [0.4, 0.5) is 0 Å². The monoisotopic (exact) mass is 195 g/mol. The van der Waals surface area contributed by atoms with Crippen molar-refractivity contribution in [1.29, 1.82) is 0 Å². The van der Waals surface area contributed by atoms with Crippen LogP contribution in [0, 0.1) is 19.3 Å². The number of aromatic nitrogens is 2. The lowest BCUT2D eigenvalue weighted by Crippen LogP contribution is -2.09. The van der Waals surface area contributed by atoms with Crippen molar-refractivity contribution in [3.8, 4) is 12.3 Å². The lowest BCUT2D eigenvalue weighted by Gasteiger charge is -2.07. The van der Waals surface area contributed by atoms with Gasteiger partial charge in [-0.05, 0) is 31.3 Å². The fourth-order valence-corrected chi connectivity index (χ4v) is 1.81. The molecule has 1 rings (SSSR count). The molecule has 0 saturated carbocycles. The second-order valence-electron chi connectivity index (χ2n) is 2.93. The number of nitrogens with two attached hydrogens (primary N) is 1. The summed E-state index contributed by atoms with van der Waals surface area (Å²) in [4.78, 5) is 1.08. The molecule has 1 aromatic heterocycles. The Morgan fingerprint density at radius 3 is 3.00 bits per heavy atom. The first-order chi connectivity index (χ1) is 6.25. The van der Waals surface area contributed by atoms with Gasteiger partial charge in [-0.2, -0.15) is 0 Å². The molecule has 13 heavy (non-hydrogen) atoms. The van der Waals surface area contributed by atoms with E-state index in [4.69, 9.17) is 12.2 Å². The highest BCUT2D eigenvalue weighted by molar-refractivity contribution is 7.05. The quantitative estimate of drug-likeness (QED) is 0.587. The molecule has 0 bridgehead atoms. The zero-order chi connectivity index (χ0) is 9.68. The molecule has 70 valence electrons. The topological polar surface area (TPSA) is 51.8 Å². The molecular weight excluding hydrogens is 182 g/mol. The molecule has 0 radical (unpaired) electrons. The number of aryl methyl sites for hydroxylation is 1. The number of terminal acetylenes is 1. The lowest BCUT2D eigenvalue weighted by atomic mass is 10.1. The number of nitrogens with zero attached hydrogens (tertiary/aromatic N) is 2. The summed E-state index contributed by atoms with van der Waals surface area (Å²) in [5.74, 6) is 2.60. The van der Waals surface area contributed by atoms with Gasteiger partial charge in [0.05, 0.1) is 10.6 Å². The van der Waals surface area contributed by atoms with E-state index in [9.17, 15) is 0 Å². The van der Waals surface area contributed by atoms with Gasteiger partial charge in [0.15, 0.2) is 0 Å². The van der Waals surface area contributed by atoms with Crippen LogP contribution in [-0.2, 0) is 0 Å². The molecule has 0 amide bonds. The molecule has 3 nitrogen and oxygen atoms in total. The Bertz CT molecular complexity index is 300. The van der Waals surface area contributed by atoms with Crippen LogP contribution in [-0.4, -0.2) is 9.59 Å². The van der Waals surface area contributed by atoms with E-state index in [-0.39, 0.29) is 6.04 Å². The second-order valence-corrected chi connectivity index (χ2v) is 3.71. The van der Waals surface area contributed by atoms with Crippen LogP contribution >= 0.6 is 11.5 Å². The van der Waals surface area contributed by atoms with Crippen LogP contribution in [0.15, 0.2) is 0 Å². The van der Waals surface area contributed by atoms with Crippen LogP contribution in [0.5, 0.6) is 0 Å². The molecule has 0 aromatic carbocycles. The van der Waals surface area contributed by atoms with E-state index >= 15 is 0 Å². The maximum absolute atomic E-state index is 5.94. The molecule has 4 heteroatoms. The third-order valence-electron chi connectivity index (χ3n) is 1.86.